The molecule has 0 spiro atoms. The third-order valence-electron chi connectivity index (χ3n) is 7.39. The van der Waals surface area contributed by atoms with Crippen LogP contribution in [-0.4, -0.2) is 121 Å². The Labute approximate surface area is 306 Å². The second-order valence-electron chi connectivity index (χ2n) is 11.3. The number of aliphatic hydroxyl groups is 2. The van der Waals surface area contributed by atoms with Crippen LogP contribution in [0, 0.1) is 18.3 Å². The summed E-state index contributed by atoms with van der Waals surface area (Å²) in [6, 6.07) is 9.91. The summed E-state index contributed by atoms with van der Waals surface area (Å²) in [5.74, 6) is -1.84. The highest BCUT2D eigenvalue weighted by Crippen LogP contribution is 2.39. The van der Waals surface area contributed by atoms with Crippen molar-refractivity contribution < 1.29 is 53.0 Å². The first-order valence-electron chi connectivity index (χ1n) is 15.1. The molecule has 20 nitrogen and oxygen atoms in total. The molecule has 0 atom stereocenters. The summed E-state index contributed by atoms with van der Waals surface area (Å²) in [5, 5.41) is 44.2. The molecule has 3 rings (SSSR count). The molecule has 1 aromatic heterocycles. The molecule has 53 heavy (non-hydrogen) atoms. The van der Waals surface area contributed by atoms with Crippen LogP contribution < -0.4 is 9.80 Å². The molecule has 0 aliphatic heterocycles. The number of pyridine rings is 1. The average Bonchev–Trinajstić information content (AvgIpc) is 3.07. The molecule has 1 heterocycles. The zero-order chi connectivity index (χ0) is 39.8. The highest BCUT2D eigenvalue weighted by molar-refractivity contribution is 7.91. The highest BCUT2D eigenvalue weighted by Gasteiger charge is 2.25. The highest BCUT2D eigenvalue weighted by atomic mass is 32.2. The first-order valence-corrected chi connectivity index (χ1v) is 21.7. The van der Waals surface area contributed by atoms with Crippen molar-refractivity contribution in [2.24, 2.45) is 20.5 Å². The van der Waals surface area contributed by atoms with Gasteiger partial charge in [-0.1, -0.05) is 0 Å². The number of nitriles is 1. The molecule has 0 fully saturated rings. The van der Waals surface area contributed by atoms with Crippen molar-refractivity contribution in [3.8, 4) is 6.07 Å². The Kier molecular flexibility index (Phi) is 14.2. The van der Waals surface area contributed by atoms with E-state index in [2.05, 4.69) is 25.4 Å². The van der Waals surface area contributed by atoms with Crippen molar-refractivity contribution in [3.63, 3.8) is 0 Å². The number of hydrogen-bond acceptors (Lipinski definition) is 18. The average molecular weight is 817 g/mol. The third-order valence-corrected chi connectivity index (χ3v) is 12.4. The van der Waals surface area contributed by atoms with E-state index in [0.29, 0.717) is 0 Å². The Morgan fingerprint density at radius 3 is 1.70 bits per heavy atom. The summed E-state index contributed by atoms with van der Waals surface area (Å²) in [7, 11) is -13.9. The molecule has 0 aliphatic carbocycles. The van der Waals surface area contributed by atoms with E-state index in [-0.39, 0.29) is 57.8 Å². The van der Waals surface area contributed by atoms with Gasteiger partial charge in [0.05, 0.1) is 58.1 Å². The zero-order valence-electron chi connectivity index (χ0n) is 28.5. The van der Waals surface area contributed by atoms with Crippen LogP contribution in [0.3, 0.4) is 0 Å². The van der Waals surface area contributed by atoms with E-state index >= 15 is 0 Å². The van der Waals surface area contributed by atoms with E-state index in [4.69, 9.17) is 14.8 Å². The Bertz CT molecular complexity index is 2360. The van der Waals surface area contributed by atoms with Crippen LogP contribution in [0.25, 0.3) is 0 Å². The van der Waals surface area contributed by atoms with Gasteiger partial charge in [-0.2, -0.15) is 32.3 Å². The van der Waals surface area contributed by atoms with Crippen LogP contribution in [0.2, 0.25) is 0 Å². The molecule has 24 heteroatoms. The van der Waals surface area contributed by atoms with Crippen molar-refractivity contribution in [2.75, 3.05) is 73.2 Å². The first kappa shape index (κ1) is 42.9. The Morgan fingerprint density at radius 2 is 1.21 bits per heavy atom. The lowest BCUT2D eigenvalue weighted by atomic mass is 10.1. The van der Waals surface area contributed by atoms with Crippen molar-refractivity contribution in [2.45, 2.75) is 16.7 Å². The van der Waals surface area contributed by atoms with E-state index in [9.17, 15) is 43.5 Å². The number of anilines is 2. The molecule has 0 saturated carbocycles. The molecular formula is C29H36N8O12S4. The number of aromatic nitrogens is 1. The fraction of sp³-hybridized carbons (Fsp3) is 0.379. The molecule has 0 unspecified atom stereocenters. The summed E-state index contributed by atoms with van der Waals surface area (Å²) in [4.78, 5) is 6.12. The summed E-state index contributed by atoms with van der Waals surface area (Å²) in [6.45, 7) is -0.0528. The Balaban J connectivity index is 2.12. The fourth-order valence-electron chi connectivity index (χ4n) is 4.46. The number of sulfone groups is 2. The zero-order valence-corrected chi connectivity index (χ0v) is 31.7. The maximum Gasteiger partial charge on any atom is 0.296 e. The van der Waals surface area contributed by atoms with E-state index in [0.717, 1.165) is 24.3 Å². The van der Waals surface area contributed by atoms with Crippen LogP contribution in [0.4, 0.5) is 34.4 Å². The van der Waals surface area contributed by atoms with Crippen molar-refractivity contribution in [1.29, 1.82) is 5.26 Å². The molecule has 0 saturated heterocycles. The lowest BCUT2D eigenvalue weighted by Crippen LogP contribution is -2.31. The van der Waals surface area contributed by atoms with Gasteiger partial charge in [0.25, 0.3) is 20.2 Å². The molecule has 0 amide bonds. The van der Waals surface area contributed by atoms with E-state index in [1.165, 1.54) is 49.0 Å². The molecule has 4 N–H and O–H groups in total. The van der Waals surface area contributed by atoms with Gasteiger partial charge in [0, 0.05) is 32.7 Å². The second-order valence-corrected chi connectivity index (χ2v) is 18.7. The molecule has 0 radical (unpaired) electrons. The van der Waals surface area contributed by atoms with Gasteiger partial charge in [-0.3, -0.25) is 9.11 Å². The molecule has 2 aromatic carbocycles. The summed E-state index contributed by atoms with van der Waals surface area (Å²) in [6.07, 6.45) is 0. The lowest BCUT2D eigenvalue weighted by Gasteiger charge is -2.26. The minimum Gasteiger partial charge on any atom is -0.395 e. The van der Waals surface area contributed by atoms with Crippen molar-refractivity contribution >= 4 is 74.3 Å². The van der Waals surface area contributed by atoms with Gasteiger partial charge >= 0.3 is 0 Å². The third kappa shape index (κ3) is 12.0. The van der Waals surface area contributed by atoms with E-state index in [1.807, 2.05) is 6.07 Å². The van der Waals surface area contributed by atoms with Gasteiger partial charge in [0.2, 0.25) is 0 Å². The monoisotopic (exact) mass is 816 g/mol. The molecular weight excluding hydrogens is 781 g/mol. The van der Waals surface area contributed by atoms with E-state index < -0.39 is 86.7 Å². The number of nitrogens with zero attached hydrogens (tertiary/aromatic N) is 8. The molecule has 0 aliphatic rings. The SMILES string of the molecule is Cc1c(C#N)c(N(C)CCS(=O)(=O)CCO)nc(N(C)CCS(=O)(=O)CCO)c1N=Nc1ccc(N=Nc2ccc(S(=O)(=O)O)cc2)cc1S(=O)(=O)O. The predicted molar refractivity (Wildman–Crippen MR) is 193 cm³/mol. The Hall–Kier alpha value is -4.48. The van der Waals surface area contributed by atoms with Gasteiger partial charge < -0.3 is 20.0 Å². The van der Waals surface area contributed by atoms with Crippen LogP contribution >= 0.6 is 0 Å². The maximum absolute atomic E-state index is 12.4. The van der Waals surface area contributed by atoms with Crippen molar-refractivity contribution in [1.82, 2.24) is 4.98 Å². The lowest BCUT2D eigenvalue weighted by molar-refractivity contribution is 0.319. The minimum atomic E-state index is -4.97. The number of aliphatic hydroxyl groups excluding tert-OH is 2. The molecule has 0 bridgehead atoms. The largest absolute Gasteiger partial charge is 0.395 e. The van der Waals surface area contributed by atoms with Gasteiger partial charge in [0.15, 0.2) is 25.5 Å². The van der Waals surface area contributed by atoms with Gasteiger partial charge in [-0.25, -0.2) is 21.8 Å². The number of hydrogen-bond donors (Lipinski definition) is 4. The maximum atomic E-state index is 12.4. The van der Waals surface area contributed by atoms with E-state index in [1.54, 1.807) is 0 Å². The standard InChI is InChI=1S/C29H36N8O12S4/c1-20-24(19-30)28(36(2)10-14-50(40,41)16-12-38)31-29(37(3)11-15-51(42,43)17-13-39)27(20)35-34-25-9-6-22(18-26(25)53(47,48)49)33-32-21-4-7-23(8-5-21)52(44,45)46/h4-9,18,38-39H,10-17H2,1-3H3,(H,44,45,46)(H,47,48,49). The van der Waals surface area contributed by atoms with Gasteiger partial charge in [-0.05, 0) is 49.4 Å². The van der Waals surface area contributed by atoms with Gasteiger partial charge in [0.1, 0.15) is 28.2 Å². The summed E-state index contributed by atoms with van der Waals surface area (Å²) >= 11 is 0. The number of rotatable bonds is 18. The van der Waals surface area contributed by atoms with Crippen molar-refractivity contribution in [3.05, 3.63) is 53.6 Å². The smallest absolute Gasteiger partial charge is 0.296 e. The first-order chi connectivity index (χ1) is 24.6. The predicted octanol–water partition coefficient (Wildman–Crippen LogP) is 2.27. The second kappa shape index (κ2) is 17.6. The molecule has 3 aromatic rings. The topological polar surface area (TPSA) is 310 Å². The van der Waals surface area contributed by atoms with Gasteiger partial charge in [-0.15, -0.1) is 10.2 Å². The quantitative estimate of drug-likeness (QED) is 0.106. The van der Waals surface area contributed by atoms with Crippen LogP contribution in [0.15, 0.2) is 72.7 Å². The fourth-order valence-corrected chi connectivity index (χ4v) is 7.65. The number of benzene rings is 2. The normalized spacial score (nSPS) is 12.7. The van der Waals surface area contributed by atoms with Crippen LogP contribution in [0.1, 0.15) is 11.1 Å². The Morgan fingerprint density at radius 1 is 0.698 bits per heavy atom. The summed E-state index contributed by atoms with van der Waals surface area (Å²) in [5.41, 5.74) is -0.375. The van der Waals surface area contributed by atoms with Crippen LogP contribution in [0.5, 0.6) is 0 Å². The summed E-state index contributed by atoms with van der Waals surface area (Å²) < 4.78 is 116. The molecule has 288 valence electrons. The minimum absolute atomic E-state index is 0.00387. The van der Waals surface area contributed by atoms with Crippen LogP contribution in [-0.2, 0) is 39.9 Å². The number of azo groups is 2.